The number of carbonyl (C=O) groups is 4. The zero-order valence-corrected chi connectivity index (χ0v) is 20.1. The standard InChI is InChI=1S/C27H22F3NO7/c1-15-6-10-17(11-7-15)25(35)37-21(23(32)31-20-5-3-4-19(14-20)27(28,29)30)22(24(33)34)38-26(36)18-12-8-16(2)9-13-18/h3-14,21-22H,1-2H3,(H,31,32)(H,33,34)/t21-,22-/m0/s1. The lowest BCUT2D eigenvalue weighted by molar-refractivity contribution is -0.157. The Hall–Kier alpha value is -4.67. The SMILES string of the molecule is Cc1ccc(C(=O)O[C@H](C(=O)O)[C@H](OC(=O)c2ccc(C)cc2)C(=O)Nc2cccc(C(F)(F)F)c2)cc1. The van der Waals surface area contributed by atoms with Crippen LogP contribution in [0.2, 0.25) is 0 Å². The van der Waals surface area contributed by atoms with Gasteiger partial charge in [-0.05, 0) is 56.3 Å². The van der Waals surface area contributed by atoms with E-state index in [1.807, 2.05) is 0 Å². The molecule has 0 aliphatic rings. The van der Waals surface area contributed by atoms with E-state index in [0.29, 0.717) is 6.07 Å². The highest BCUT2D eigenvalue weighted by Crippen LogP contribution is 2.30. The third-order valence-electron chi connectivity index (χ3n) is 5.28. The summed E-state index contributed by atoms with van der Waals surface area (Å²) >= 11 is 0. The number of alkyl halides is 3. The van der Waals surface area contributed by atoms with Crippen LogP contribution in [0.25, 0.3) is 0 Å². The maximum absolute atomic E-state index is 13.1. The summed E-state index contributed by atoms with van der Waals surface area (Å²) in [7, 11) is 0. The van der Waals surface area contributed by atoms with Crippen LogP contribution in [0.3, 0.4) is 0 Å². The predicted molar refractivity (Wildman–Crippen MR) is 128 cm³/mol. The molecule has 0 heterocycles. The molecule has 3 aromatic carbocycles. The first-order chi connectivity index (χ1) is 17.8. The molecule has 198 valence electrons. The Balaban J connectivity index is 1.93. The maximum atomic E-state index is 13.1. The highest BCUT2D eigenvalue weighted by molar-refractivity contribution is 6.01. The molecular weight excluding hydrogens is 507 g/mol. The maximum Gasteiger partial charge on any atom is 0.416 e. The summed E-state index contributed by atoms with van der Waals surface area (Å²) in [5.74, 6) is -5.40. The van der Waals surface area contributed by atoms with Gasteiger partial charge in [0.15, 0.2) is 0 Å². The summed E-state index contributed by atoms with van der Waals surface area (Å²) in [5.41, 5.74) is 0.0991. The monoisotopic (exact) mass is 529 g/mol. The summed E-state index contributed by atoms with van der Waals surface area (Å²) in [6, 6.07) is 15.3. The summed E-state index contributed by atoms with van der Waals surface area (Å²) in [5, 5.41) is 11.9. The van der Waals surface area contributed by atoms with E-state index in [2.05, 4.69) is 5.32 Å². The largest absolute Gasteiger partial charge is 0.478 e. The van der Waals surface area contributed by atoms with Gasteiger partial charge in [0.25, 0.3) is 5.91 Å². The van der Waals surface area contributed by atoms with Crippen LogP contribution >= 0.6 is 0 Å². The van der Waals surface area contributed by atoms with Gasteiger partial charge in [-0.25, -0.2) is 14.4 Å². The Morgan fingerprint density at radius 1 is 0.763 bits per heavy atom. The molecule has 0 aromatic heterocycles. The number of esters is 2. The summed E-state index contributed by atoms with van der Waals surface area (Å²) in [4.78, 5) is 50.5. The molecule has 0 saturated carbocycles. The van der Waals surface area contributed by atoms with Gasteiger partial charge in [0, 0.05) is 5.69 Å². The Labute approximate surface area is 215 Å². The van der Waals surface area contributed by atoms with Crippen molar-refractivity contribution in [3.8, 4) is 0 Å². The van der Waals surface area contributed by atoms with E-state index in [-0.39, 0.29) is 16.8 Å². The Morgan fingerprint density at radius 3 is 1.68 bits per heavy atom. The van der Waals surface area contributed by atoms with E-state index < -0.39 is 47.8 Å². The van der Waals surface area contributed by atoms with Gasteiger partial charge >= 0.3 is 24.1 Å². The molecule has 0 spiro atoms. The molecule has 0 unspecified atom stereocenters. The highest BCUT2D eigenvalue weighted by atomic mass is 19.4. The van der Waals surface area contributed by atoms with Crippen LogP contribution in [0.1, 0.15) is 37.4 Å². The number of rotatable bonds is 8. The molecule has 0 fully saturated rings. The number of halogens is 3. The Bertz CT molecular complexity index is 1340. The number of benzene rings is 3. The predicted octanol–water partition coefficient (Wildman–Crippen LogP) is 4.80. The topological polar surface area (TPSA) is 119 Å². The lowest BCUT2D eigenvalue weighted by Gasteiger charge is -2.24. The molecule has 3 aromatic rings. The van der Waals surface area contributed by atoms with Crippen LogP contribution < -0.4 is 5.32 Å². The third kappa shape index (κ3) is 7.19. The van der Waals surface area contributed by atoms with Crippen molar-refractivity contribution in [3.05, 3.63) is 101 Å². The number of anilines is 1. The van der Waals surface area contributed by atoms with Crippen molar-refractivity contribution in [2.75, 3.05) is 5.32 Å². The lowest BCUT2D eigenvalue weighted by atomic mass is 10.1. The van der Waals surface area contributed by atoms with E-state index in [1.54, 1.807) is 38.1 Å². The van der Waals surface area contributed by atoms with Gasteiger partial charge in [0.05, 0.1) is 16.7 Å². The Kier molecular flexibility index (Phi) is 8.51. The van der Waals surface area contributed by atoms with Gasteiger partial charge in [-0.1, -0.05) is 41.5 Å². The fraction of sp³-hybridized carbons (Fsp3) is 0.185. The van der Waals surface area contributed by atoms with Crippen molar-refractivity contribution in [1.29, 1.82) is 0 Å². The molecule has 3 rings (SSSR count). The molecule has 2 atom stereocenters. The fourth-order valence-electron chi connectivity index (χ4n) is 3.23. The fourth-order valence-corrected chi connectivity index (χ4v) is 3.23. The number of aliphatic carboxylic acids is 1. The normalized spacial score (nSPS) is 12.7. The molecule has 38 heavy (non-hydrogen) atoms. The molecule has 11 heteroatoms. The van der Waals surface area contributed by atoms with Crippen LogP contribution in [0, 0.1) is 13.8 Å². The number of aryl methyl sites for hydroxylation is 2. The number of ether oxygens (including phenoxy) is 2. The summed E-state index contributed by atoms with van der Waals surface area (Å²) in [6.07, 6.45) is -9.31. The molecule has 1 amide bonds. The second-order valence-electron chi connectivity index (χ2n) is 8.29. The van der Waals surface area contributed by atoms with Crippen LogP contribution in [0.5, 0.6) is 0 Å². The van der Waals surface area contributed by atoms with E-state index in [4.69, 9.17) is 9.47 Å². The van der Waals surface area contributed by atoms with Crippen molar-refractivity contribution >= 4 is 29.5 Å². The van der Waals surface area contributed by atoms with E-state index >= 15 is 0 Å². The highest BCUT2D eigenvalue weighted by Gasteiger charge is 2.41. The van der Waals surface area contributed by atoms with Gasteiger partial charge in [-0.2, -0.15) is 13.2 Å². The quantitative estimate of drug-likeness (QED) is 0.403. The Morgan fingerprint density at radius 2 is 1.24 bits per heavy atom. The van der Waals surface area contributed by atoms with Crippen LogP contribution in [0.4, 0.5) is 18.9 Å². The molecule has 0 aliphatic heterocycles. The molecule has 8 nitrogen and oxygen atoms in total. The van der Waals surface area contributed by atoms with E-state index in [1.165, 1.54) is 24.3 Å². The number of carboxylic acids is 1. The number of nitrogens with one attached hydrogen (secondary N) is 1. The second-order valence-corrected chi connectivity index (χ2v) is 8.29. The van der Waals surface area contributed by atoms with Crippen molar-refractivity contribution in [2.24, 2.45) is 0 Å². The van der Waals surface area contributed by atoms with Crippen molar-refractivity contribution < 1.29 is 46.9 Å². The molecule has 0 bridgehead atoms. The number of amides is 1. The number of hydrogen-bond acceptors (Lipinski definition) is 6. The first kappa shape index (κ1) is 27.9. The first-order valence-corrected chi connectivity index (χ1v) is 11.1. The minimum absolute atomic E-state index is 0.0382. The number of carboxylic acid groups (broad SMARTS) is 1. The van der Waals surface area contributed by atoms with Crippen molar-refractivity contribution in [1.82, 2.24) is 0 Å². The van der Waals surface area contributed by atoms with E-state index in [0.717, 1.165) is 29.3 Å². The molecule has 0 saturated heterocycles. The molecular formula is C27H22F3NO7. The average molecular weight is 529 g/mol. The first-order valence-electron chi connectivity index (χ1n) is 11.1. The summed E-state index contributed by atoms with van der Waals surface area (Å²) in [6.45, 7) is 3.51. The van der Waals surface area contributed by atoms with Gasteiger partial charge in [-0.15, -0.1) is 0 Å². The molecule has 2 N–H and O–H groups in total. The van der Waals surface area contributed by atoms with Gasteiger partial charge in [0.1, 0.15) is 0 Å². The average Bonchev–Trinajstić information content (AvgIpc) is 2.86. The number of hydrogen-bond donors (Lipinski definition) is 2. The third-order valence-corrected chi connectivity index (χ3v) is 5.28. The van der Waals surface area contributed by atoms with E-state index in [9.17, 15) is 37.5 Å². The molecule has 0 radical (unpaired) electrons. The van der Waals surface area contributed by atoms with Crippen LogP contribution in [-0.2, 0) is 25.2 Å². The van der Waals surface area contributed by atoms with Gasteiger partial charge < -0.3 is 19.9 Å². The van der Waals surface area contributed by atoms with Crippen LogP contribution in [-0.4, -0.2) is 41.1 Å². The minimum atomic E-state index is -4.72. The zero-order valence-electron chi connectivity index (χ0n) is 20.1. The van der Waals surface area contributed by atoms with Crippen LogP contribution in [0.15, 0.2) is 72.8 Å². The van der Waals surface area contributed by atoms with Crippen molar-refractivity contribution in [2.45, 2.75) is 32.2 Å². The van der Waals surface area contributed by atoms with Gasteiger partial charge in [-0.3, -0.25) is 4.79 Å². The lowest BCUT2D eigenvalue weighted by Crippen LogP contribution is -2.48. The minimum Gasteiger partial charge on any atom is -0.478 e. The number of carbonyl (C=O) groups excluding carboxylic acids is 3. The molecule has 0 aliphatic carbocycles. The van der Waals surface area contributed by atoms with Crippen molar-refractivity contribution in [3.63, 3.8) is 0 Å². The second kappa shape index (κ2) is 11.6. The zero-order chi connectivity index (χ0) is 28.0. The smallest absolute Gasteiger partial charge is 0.416 e. The summed E-state index contributed by atoms with van der Waals surface area (Å²) < 4.78 is 49.5. The van der Waals surface area contributed by atoms with Gasteiger partial charge in [0.2, 0.25) is 12.2 Å².